The summed E-state index contributed by atoms with van der Waals surface area (Å²) in [6, 6.07) is 7.39. The second-order valence-electron chi connectivity index (χ2n) is 5.60. The summed E-state index contributed by atoms with van der Waals surface area (Å²) in [5.41, 5.74) is 0.274. The number of benzene rings is 1. The van der Waals surface area contributed by atoms with Gasteiger partial charge in [0, 0.05) is 6.42 Å². The predicted octanol–water partition coefficient (Wildman–Crippen LogP) is 3.91. The van der Waals surface area contributed by atoms with Crippen LogP contribution in [0.5, 0.6) is 5.75 Å². The van der Waals surface area contributed by atoms with Gasteiger partial charge in [-0.25, -0.2) is 0 Å². The highest BCUT2D eigenvalue weighted by molar-refractivity contribution is 6.32. The van der Waals surface area contributed by atoms with Crippen molar-refractivity contribution in [3.8, 4) is 11.8 Å². The SMILES string of the molecule is CC(C)(C)OC(=O)CCCOc1cccc(CC#N)c1Cl. The average molecular weight is 310 g/mol. The molecule has 0 saturated carbocycles. The molecule has 0 aliphatic heterocycles. The summed E-state index contributed by atoms with van der Waals surface area (Å²) in [5.74, 6) is 0.295. The van der Waals surface area contributed by atoms with E-state index in [0.717, 1.165) is 5.56 Å². The zero-order valence-corrected chi connectivity index (χ0v) is 13.4. The van der Waals surface area contributed by atoms with Crippen molar-refractivity contribution in [2.75, 3.05) is 6.61 Å². The summed E-state index contributed by atoms with van der Waals surface area (Å²) in [7, 11) is 0. The molecule has 0 aliphatic rings. The third kappa shape index (κ3) is 6.50. The smallest absolute Gasteiger partial charge is 0.306 e. The minimum Gasteiger partial charge on any atom is -0.492 e. The molecule has 0 aliphatic carbocycles. The first-order chi connectivity index (χ1) is 9.83. The molecule has 0 unspecified atom stereocenters. The molecule has 5 heteroatoms. The van der Waals surface area contributed by atoms with Crippen LogP contribution in [-0.2, 0) is 16.0 Å². The Morgan fingerprint density at radius 2 is 2.10 bits per heavy atom. The van der Waals surface area contributed by atoms with E-state index in [1.807, 2.05) is 20.8 Å². The van der Waals surface area contributed by atoms with Crippen LogP contribution in [0.4, 0.5) is 0 Å². The van der Waals surface area contributed by atoms with E-state index in [9.17, 15) is 4.79 Å². The zero-order chi connectivity index (χ0) is 15.9. The second-order valence-corrected chi connectivity index (χ2v) is 5.98. The fraction of sp³-hybridized carbons (Fsp3) is 0.500. The van der Waals surface area contributed by atoms with E-state index in [-0.39, 0.29) is 12.4 Å². The summed E-state index contributed by atoms with van der Waals surface area (Å²) >= 11 is 6.15. The van der Waals surface area contributed by atoms with Gasteiger partial charge in [0.25, 0.3) is 0 Å². The van der Waals surface area contributed by atoms with E-state index in [1.54, 1.807) is 18.2 Å². The molecule has 0 aromatic heterocycles. The van der Waals surface area contributed by atoms with Crippen LogP contribution < -0.4 is 4.74 Å². The van der Waals surface area contributed by atoms with Crippen LogP contribution in [0.1, 0.15) is 39.2 Å². The van der Waals surface area contributed by atoms with Crippen LogP contribution in [0.25, 0.3) is 0 Å². The molecule has 21 heavy (non-hydrogen) atoms. The van der Waals surface area contributed by atoms with E-state index in [4.69, 9.17) is 26.3 Å². The molecule has 0 spiro atoms. The number of hydrogen-bond acceptors (Lipinski definition) is 4. The van der Waals surface area contributed by atoms with Gasteiger partial charge >= 0.3 is 5.97 Å². The van der Waals surface area contributed by atoms with Gasteiger partial charge < -0.3 is 9.47 Å². The van der Waals surface area contributed by atoms with Crippen molar-refractivity contribution in [2.24, 2.45) is 0 Å². The number of nitriles is 1. The number of ether oxygens (including phenoxy) is 2. The molecule has 4 nitrogen and oxygen atoms in total. The first-order valence-corrected chi connectivity index (χ1v) is 7.20. The molecule has 1 aromatic rings. The van der Waals surface area contributed by atoms with Crippen molar-refractivity contribution in [3.05, 3.63) is 28.8 Å². The van der Waals surface area contributed by atoms with Crippen LogP contribution in [0, 0.1) is 11.3 Å². The lowest BCUT2D eigenvalue weighted by molar-refractivity contribution is -0.155. The van der Waals surface area contributed by atoms with Gasteiger partial charge in [-0.15, -0.1) is 0 Å². The molecule has 0 bridgehead atoms. The Labute approximate surface area is 130 Å². The predicted molar refractivity (Wildman–Crippen MR) is 81.3 cm³/mol. The number of esters is 1. The fourth-order valence-electron chi connectivity index (χ4n) is 1.68. The van der Waals surface area contributed by atoms with Crippen LogP contribution >= 0.6 is 11.6 Å². The van der Waals surface area contributed by atoms with E-state index >= 15 is 0 Å². The first kappa shape index (κ1) is 17.3. The van der Waals surface area contributed by atoms with Crippen LogP contribution in [0.2, 0.25) is 5.02 Å². The van der Waals surface area contributed by atoms with E-state index in [0.29, 0.717) is 30.2 Å². The van der Waals surface area contributed by atoms with Gasteiger partial charge in [0.2, 0.25) is 0 Å². The highest BCUT2D eigenvalue weighted by Gasteiger charge is 2.15. The molecular weight excluding hydrogens is 290 g/mol. The lowest BCUT2D eigenvalue weighted by atomic mass is 10.1. The van der Waals surface area contributed by atoms with Crippen LogP contribution in [0.3, 0.4) is 0 Å². The molecule has 0 N–H and O–H groups in total. The number of nitrogens with zero attached hydrogens (tertiary/aromatic N) is 1. The zero-order valence-electron chi connectivity index (χ0n) is 12.6. The molecule has 0 heterocycles. The number of carbonyl (C=O) groups excluding carboxylic acids is 1. The van der Waals surface area contributed by atoms with Crippen molar-refractivity contribution in [2.45, 2.75) is 45.6 Å². The highest BCUT2D eigenvalue weighted by Crippen LogP contribution is 2.28. The maximum atomic E-state index is 11.5. The lowest BCUT2D eigenvalue weighted by Gasteiger charge is -2.19. The van der Waals surface area contributed by atoms with Gasteiger partial charge in [-0.05, 0) is 38.8 Å². The molecule has 114 valence electrons. The molecule has 0 fully saturated rings. The molecule has 1 rings (SSSR count). The van der Waals surface area contributed by atoms with Crippen molar-refractivity contribution in [1.82, 2.24) is 0 Å². The van der Waals surface area contributed by atoms with Crippen molar-refractivity contribution < 1.29 is 14.3 Å². The van der Waals surface area contributed by atoms with Gasteiger partial charge in [0.05, 0.1) is 24.1 Å². The Hall–Kier alpha value is -1.73. The summed E-state index contributed by atoms with van der Waals surface area (Å²) in [6.07, 6.45) is 1.09. The quantitative estimate of drug-likeness (QED) is 0.590. The monoisotopic (exact) mass is 309 g/mol. The minimum atomic E-state index is -0.465. The van der Waals surface area contributed by atoms with E-state index in [2.05, 4.69) is 6.07 Å². The maximum Gasteiger partial charge on any atom is 0.306 e. The lowest BCUT2D eigenvalue weighted by Crippen LogP contribution is -2.23. The van der Waals surface area contributed by atoms with Crippen LogP contribution in [-0.4, -0.2) is 18.2 Å². The summed E-state index contributed by atoms with van der Waals surface area (Å²) in [5, 5.41) is 9.16. The third-order valence-corrected chi connectivity index (χ3v) is 2.94. The topological polar surface area (TPSA) is 59.3 Å². The van der Waals surface area contributed by atoms with Gasteiger partial charge in [-0.2, -0.15) is 5.26 Å². The second kappa shape index (κ2) is 7.90. The first-order valence-electron chi connectivity index (χ1n) is 6.82. The van der Waals surface area contributed by atoms with E-state index < -0.39 is 5.60 Å². The highest BCUT2D eigenvalue weighted by atomic mass is 35.5. The Bertz CT molecular complexity index is 529. The number of hydrogen-bond donors (Lipinski definition) is 0. The van der Waals surface area contributed by atoms with Crippen molar-refractivity contribution >= 4 is 17.6 Å². The summed E-state index contributed by atoms with van der Waals surface area (Å²) < 4.78 is 10.8. The standard InChI is InChI=1S/C16H20ClNO3/c1-16(2,3)21-14(19)8-5-11-20-13-7-4-6-12(9-10-18)15(13)17/h4,6-7H,5,8-9,11H2,1-3H3. The average Bonchev–Trinajstić information content (AvgIpc) is 2.37. The Kier molecular flexibility index (Phi) is 6.51. The Morgan fingerprint density at radius 3 is 2.71 bits per heavy atom. The van der Waals surface area contributed by atoms with Gasteiger partial charge in [0.1, 0.15) is 11.4 Å². The van der Waals surface area contributed by atoms with Crippen LogP contribution in [0.15, 0.2) is 18.2 Å². The van der Waals surface area contributed by atoms with Crippen molar-refractivity contribution in [1.29, 1.82) is 5.26 Å². The van der Waals surface area contributed by atoms with Gasteiger partial charge in [-0.1, -0.05) is 23.7 Å². The molecule has 0 atom stereocenters. The molecule has 0 radical (unpaired) electrons. The number of carbonyl (C=O) groups is 1. The number of halogens is 1. The van der Waals surface area contributed by atoms with Crippen molar-refractivity contribution in [3.63, 3.8) is 0 Å². The Morgan fingerprint density at radius 1 is 1.38 bits per heavy atom. The number of rotatable bonds is 6. The molecule has 0 saturated heterocycles. The van der Waals surface area contributed by atoms with Gasteiger partial charge in [0.15, 0.2) is 0 Å². The molecular formula is C16H20ClNO3. The van der Waals surface area contributed by atoms with E-state index in [1.165, 1.54) is 0 Å². The largest absolute Gasteiger partial charge is 0.492 e. The summed E-state index contributed by atoms with van der Waals surface area (Å²) in [4.78, 5) is 11.5. The van der Waals surface area contributed by atoms with Gasteiger partial charge in [-0.3, -0.25) is 4.79 Å². The summed E-state index contributed by atoms with van der Waals surface area (Å²) in [6.45, 7) is 5.88. The fourth-order valence-corrected chi connectivity index (χ4v) is 1.93. The Balaban J connectivity index is 2.42. The normalized spacial score (nSPS) is 10.8. The molecule has 1 aromatic carbocycles. The third-order valence-electron chi connectivity index (χ3n) is 2.52. The molecule has 0 amide bonds. The maximum absolute atomic E-state index is 11.5. The minimum absolute atomic E-state index is 0.240.